The molecule has 3 rings (SSSR count). The molecule has 0 aromatic heterocycles. The quantitative estimate of drug-likeness (QED) is 0.579. The maximum atomic E-state index is 12.2. The van der Waals surface area contributed by atoms with Gasteiger partial charge in [-0.1, -0.05) is 30.7 Å². The van der Waals surface area contributed by atoms with E-state index >= 15 is 0 Å². The average molecular weight is 260 g/mol. The largest absolute Gasteiger partial charge is 0.466 e. The molecule has 0 heterocycles. The second kappa shape index (κ2) is 5.55. The molecule has 0 amide bonds. The minimum Gasteiger partial charge on any atom is -0.466 e. The third-order valence-corrected chi connectivity index (χ3v) is 3.93. The molecule has 3 atom stereocenters. The molecule has 0 saturated carbocycles. The van der Waals surface area contributed by atoms with Crippen molar-refractivity contribution in [3.63, 3.8) is 0 Å². The topological polar surface area (TPSA) is 43.4 Å². The first-order valence-electron chi connectivity index (χ1n) is 6.86. The van der Waals surface area contributed by atoms with Gasteiger partial charge >= 0.3 is 5.97 Å². The molecule has 0 aromatic rings. The third-order valence-electron chi connectivity index (χ3n) is 3.93. The van der Waals surface area contributed by atoms with E-state index in [0.29, 0.717) is 6.61 Å². The summed E-state index contributed by atoms with van der Waals surface area (Å²) >= 11 is 0. The van der Waals surface area contributed by atoms with Crippen molar-refractivity contribution in [1.29, 1.82) is 0 Å². The molecule has 3 nitrogen and oxygen atoms in total. The van der Waals surface area contributed by atoms with Gasteiger partial charge in [0, 0.05) is 5.92 Å². The molecule has 3 heteroatoms. The highest BCUT2D eigenvalue weighted by Gasteiger charge is 2.41. The van der Waals surface area contributed by atoms with Gasteiger partial charge in [0.15, 0.2) is 5.78 Å². The van der Waals surface area contributed by atoms with Gasteiger partial charge in [0.1, 0.15) is 0 Å². The van der Waals surface area contributed by atoms with Crippen molar-refractivity contribution in [3.8, 4) is 0 Å². The maximum absolute atomic E-state index is 12.2. The summed E-state index contributed by atoms with van der Waals surface area (Å²) in [6.07, 6.45) is 8.17. The number of rotatable bonds is 3. The summed E-state index contributed by atoms with van der Waals surface area (Å²) in [6, 6.07) is 0. The van der Waals surface area contributed by atoms with Gasteiger partial charge in [-0.3, -0.25) is 9.59 Å². The van der Waals surface area contributed by atoms with E-state index in [0.717, 1.165) is 17.6 Å². The molecule has 0 aliphatic heterocycles. The number of fused-ring (bicyclic) bond motifs is 2. The number of allylic oxidation sites excluding steroid dienone is 5. The fourth-order valence-corrected chi connectivity index (χ4v) is 2.84. The molecule has 0 unspecified atom stereocenters. The van der Waals surface area contributed by atoms with Crippen molar-refractivity contribution >= 4 is 11.8 Å². The van der Waals surface area contributed by atoms with Gasteiger partial charge in [-0.15, -0.1) is 0 Å². The van der Waals surface area contributed by atoms with Crippen LogP contribution in [-0.2, 0) is 14.3 Å². The van der Waals surface area contributed by atoms with Gasteiger partial charge in [0.25, 0.3) is 0 Å². The van der Waals surface area contributed by atoms with Crippen molar-refractivity contribution < 1.29 is 14.3 Å². The number of esters is 1. The highest BCUT2D eigenvalue weighted by atomic mass is 16.5. The lowest BCUT2D eigenvalue weighted by molar-refractivity contribution is -0.147. The van der Waals surface area contributed by atoms with Gasteiger partial charge in [0.05, 0.1) is 18.4 Å². The number of carbonyl (C=O) groups is 2. The molecule has 3 aliphatic carbocycles. The Morgan fingerprint density at radius 2 is 2.00 bits per heavy atom. The van der Waals surface area contributed by atoms with Crippen LogP contribution in [-0.4, -0.2) is 18.4 Å². The van der Waals surface area contributed by atoms with Crippen LogP contribution in [0.5, 0.6) is 0 Å². The first-order valence-corrected chi connectivity index (χ1v) is 6.86. The predicted octanol–water partition coefficient (Wildman–Crippen LogP) is 2.83. The minimum absolute atomic E-state index is 0.0572. The molecule has 3 aliphatic rings. The second-order valence-corrected chi connectivity index (χ2v) is 5.02. The van der Waals surface area contributed by atoms with E-state index < -0.39 is 0 Å². The summed E-state index contributed by atoms with van der Waals surface area (Å²) in [4.78, 5) is 24.3. The summed E-state index contributed by atoms with van der Waals surface area (Å²) < 4.78 is 5.20. The zero-order chi connectivity index (χ0) is 14.0. The Labute approximate surface area is 114 Å². The zero-order valence-electron chi connectivity index (χ0n) is 11.7. The van der Waals surface area contributed by atoms with Crippen LogP contribution in [0.1, 0.15) is 27.2 Å². The number of ether oxygens (including phenoxy) is 1. The Morgan fingerprint density at radius 3 is 2.63 bits per heavy atom. The van der Waals surface area contributed by atoms with E-state index in [1.165, 1.54) is 0 Å². The molecular formula is C16H20O3. The van der Waals surface area contributed by atoms with Gasteiger partial charge in [-0.25, -0.2) is 0 Å². The Hall–Kier alpha value is -1.64. The Bertz CT molecular complexity index is 482. The fraction of sp³-hybridized carbons (Fsp3) is 0.500. The number of hydrogen-bond acceptors (Lipinski definition) is 3. The van der Waals surface area contributed by atoms with E-state index in [1.54, 1.807) is 13.0 Å². The summed E-state index contributed by atoms with van der Waals surface area (Å²) in [5, 5.41) is 0. The van der Waals surface area contributed by atoms with Crippen LogP contribution in [0.15, 0.2) is 35.5 Å². The average Bonchev–Trinajstić information content (AvgIpc) is 2.67. The van der Waals surface area contributed by atoms with Crippen LogP contribution in [0, 0.1) is 17.8 Å². The number of ketones is 1. The van der Waals surface area contributed by atoms with Crippen molar-refractivity contribution in [2.45, 2.75) is 27.2 Å². The Morgan fingerprint density at radius 1 is 1.26 bits per heavy atom. The fourth-order valence-electron chi connectivity index (χ4n) is 2.84. The molecule has 0 saturated heterocycles. The summed E-state index contributed by atoms with van der Waals surface area (Å²) in [6.45, 7) is 6.22. The van der Waals surface area contributed by atoms with Gasteiger partial charge in [-0.05, 0) is 31.9 Å². The van der Waals surface area contributed by atoms with Crippen molar-refractivity contribution in [1.82, 2.24) is 0 Å². The highest BCUT2D eigenvalue weighted by Crippen LogP contribution is 2.41. The summed E-state index contributed by atoms with van der Waals surface area (Å²) in [7, 11) is 0. The van der Waals surface area contributed by atoms with E-state index in [-0.39, 0.29) is 29.5 Å². The van der Waals surface area contributed by atoms with Crippen LogP contribution in [0.4, 0.5) is 0 Å². The molecule has 0 fully saturated rings. The lowest BCUT2D eigenvalue weighted by Crippen LogP contribution is -2.32. The third kappa shape index (κ3) is 2.42. The lowest BCUT2D eigenvalue weighted by Gasteiger charge is -2.30. The highest BCUT2D eigenvalue weighted by molar-refractivity contribution is 5.98. The summed E-state index contributed by atoms with van der Waals surface area (Å²) in [5.74, 6) is -0.836. The predicted molar refractivity (Wildman–Crippen MR) is 73.4 cm³/mol. The molecule has 102 valence electrons. The molecule has 0 spiro atoms. The molecule has 0 aromatic carbocycles. The lowest BCUT2D eigenvalue weighted by atomic mass is 9.73. The standard InChI is InChI=1S/C16H20O3/c1-4-10(3)14-12-8-6-11(7-9-13(12)17)15(14)16(18)19-5-2/h6-9,11-12,15H,4-5H2,1-3H3/b14-10-/t11-,12+,15-/m1/s1. The van der Waals surface area contributed by atoms with E-state index in [1.807, 2.05) is 32.1 Å². The van der Waals surface area contributed by atoms with Crippen molar-refractivity contribution in [2.24, 2.45) is 17.8 Å². The Kier molecular flexibility index (Phi) is 4.03. The van der Waals surface area contributed by atoms with E-state index in [4.69, 9.17) is 4.74 Å². The smallest absolute Gasteiger partial charge is 0.314 e. The number of carbonyl (C=O) groups excluding carboxylic acids is 2. The summed E-state index contributed by atoms with van der Waals surface area (Å²) in [5.41, 5.74) is 2.07. The molecule has 19 heavy (non-hydrogen) atoms. The molecule has 0 N–H and O–H groups in total. The SMILES string of the molecule is CCOC(=O)[C@H]1/C(=C(/C)CC)[C@H]2C=C[C@@H]1C=CC2=O. The zero-order valence-corrected chi connectivity index (χ0v) is 11.7. The normalized spacial score (nSPS) is 31.3. The van der Waals surface area contributed by atoms with Crippen LogP contribution in [0.25, 0.3) is 0 Å². The van der Waals surface area contributed by atoms with Crippen LogP contribution >= 0.6 is 0 Å². The second-order valence-electron chi connectivity index (χ2n) is 5.02. The molecule has 0 radical (unpaired) electrons. The maximum Gasteiger partial charge on any atom is 0.314 e. The minimum atomic E-state index is -0.336. The first-order chi connectivity index (χ1) is 9.10. The van der Waals surface area contributed by atoms with E-state index in [2.05, 4.69) is 0 Å². The van der Waals surface area contributed by atoms with Gasteiger partial charge < -0.3 is 4.74 Å². The van der Waals surface area contributed by atoms with Crippen LogP contribution in [0.3, 0.4) is 0 Å². The van der Waals surface area contributed by atoms with Crippen LogP contribution < -0.4 is 0 Å². The first kappa shape index (κ1) is 13.8. The van der Waals surface area contributed by atoms with Crippen molar-refractivity contribution in [3.05, 3.63) is 35.5 Å². The van der Waals surface area contributed by atoms with Gasteiger partial charge in [-0.2, -0.15) is 0 Å². The number of hydrogen-bond donors (Lipinski definition) is 0. The van der Waals surface area contributed by atoms with E-state index in [9.17, 15) is 9.59 Å². The Balaban J connectivity index is 2.50. The molecular weight excluding hydrogens is 240 g/mol. The monoisotopic (exact) mass is 260 g/mol. The van der Waals surface area contributed by atoms with Crippen molar-refractivity contribution in [2.75, 3.05) is 6.61 Å². The molecule has 2 bridgehead atoms. The van der Waals surface area contributed by atoms with Crippen LogP contribution in [0.2, 0.25) is 0 Å². The van der Waals surface area contributed by atoms with Gasteiger partial charge in [0.2, 0.25) is 0 Å².